The smallest absolute Gasteiger partial charge is 0.324 e. The molecule has 2 aliphatic rings. The third kappa shape index (κ3) is 0.595. The van der Waals surface area contributed by atoms with Crippen molar-refractivity contribution in [2.45, 2.75) is 12.8 Å². The van der Waals surface area contributed by atoms with Gasteiger partial charge in [0.15, 0.2) is 0 Å². The molecule has 1 unspecified atom stereocenters. The topological polar surface area (TPSA) is 41.6 Å². The Balaban J connectivity index is 2.01. The van der Waals surface area contributed by atoms with Crippen LogP contribution in [0.15, 0.2) is 0 Å². The maximum atomic E-state index is 10.6. The van der Waals surface area contributed by atoms with E-state index in [1.807, 2.05) is 0 Å². The van der Waals surface area contributed by atoms with Crippen molar-refractivity contribution >= 4 is 6.03 Å². The largest absolute Gasteiger partial charge is 0.340 e. The van der Waals surface area contributed by atoms with Gasteiger partial charge in [-0.05, 0) is 6.42 Å². The number of carbonyl (C=O) groups excluding carboxylic acids is 1. The standard InChI is InChI=1S/C5H8N2O2/c8-4-6-5-7(4)2-1-3-9-5/h5H,1-3H2,(H,6,8). The van der Waals surface area contributed by atoms with Crippen LogP contribution in [0.1, 0.15) is 6.42 Å². The van der Waals surface area contributed by atoms with Crippen molar-refractivity contribution in [2.75, 3.05) is 13.2 Å². The number of nitrogens with zero attached hydrogens (tertiary/aromatic N) is 1. The van der Waals surface area contributed by atoms with Gasteiger partial charge in [-0.3, -0.25) is 10.2 Å². The molecule has 4 heteroatoms. The first kappa shape index (κ1) is 5.05. The average molecular weight is 128 g/mol. The molecule has 0 radical (unpaired) electrons. The average Bonchev–Trinajstić information content (AvgIpc) is 1.86. The molecule has 0 aromatic heterocycles. The molecule has 2 rings (SSSR count). The number of hydrogen-bond donors (Lipinski definition) is 1. The van der Waals surface area contributed by atoms with Gasteiger partial charge in [-0.15, -0.1) is 0 Å². The minimum atomic E-state index is -0.105. The van der Waals surface area contributed by atoms with Crippen LogP contribution in [-0.4, -0.2) is 30.4 Å². The molecule has 2 amide bonds. The fourth-order valence-corrected chi connectivity index (χ4v) is 1.09. The molecule has 50 valence electrons. The molecule has 0 aliphatic carbocycles. The lowest BCUT2D eigenvalue weighted by Gasteiger charge is -2.43. The predicted molar refractivity (Wildman–Crippen MR) is 29.6 cm³/mol. The second kappa shape index (κ2) is 1.60. The highest BCUT2D eigenvalue weighted by Crippen LogP contribution is 2.14. The molecule has 0 spiro atoms. The van der Waals surface area contributed by atoms with Crippen LogP contribution in [0.5, 0.6) is 0 Å². The summed E-state index contributed by atoms with van der Waals surface area (Å²) in [6, 6.07) is -0.000278. The van der Waals surface area contributed by atoms with Crippen molar-refractivity contribution in [1.82, 2.24) is 10.2 Å². The summed E-state index contributed by atoms with van der Waals surface area (Å²) < 4.78 is 5.14. The van der Waals surface area contributed by atoms with Crippen LogP contribution >= 0.6 is 0 Å². The number of carbonyl (C=O) groups is 1. The van der Waals surface area contributed by atoms with Gasteiger partial charge in [0.25, 0.3) is 0 Å². The summed E-state index contributed by atoms with van der Waals surface area (Å²) >= 11 is 0. The Bertz CT molecular complexity index is 148. The van der Waals surface area contributed by atoms with E-state index in [-0.39, 0.29) is 12.4 Å². The molecule has 2 fully saturated rings. The van der Waals surface area contributed by atoms with Crippen LogP contribution in [0.4, 0.5) is 4.79 Å². The summed E-state index contributed by atoms with van der Waals surface area (Å²) in [5.74, 6) is 0. The Kier molecular flexibility index (Phi) is 0.900. The van der Waals surface area contributed by atoms with E-state index in [0.717, 1.165) is 19.6 Å². The van der Waals surface area contributed by atoms with E-state index in [4.69, 9.17) is 4.74 Å². The summed E-state index contributed by atoms with van der Waals surface area (Å²) in [6.45, 7) is 1.61. The normalized spacial score (nSPS) is 32.7. The van der Waals surface area contributed by atoms with E-state index in [1.165, 1.54) is 0 Å². The maximum absolute atomic E-state index is 10.6. The van der Waals surface area contributed by atoms with E-state index in [1.54, 1.807) is 4.90 Å². The van der Waals surface area contributed by atoms with E-state index < -0.39 is 0 Å². The second-order valence-corrected chi connectivity index (χ2v) is 2.22. The number of ether oxygens (including phenoxy) is 1. The maximum Gasteiger partial charge on any atom is 0.324 e. The van der Waals surface area contributed by atoms with E-state index in [9.17, 15) is 4.79 Å². The van der Waals surface area contributed by atoms with Gasteiger partial charge < -0.3 is 4.74 Å². The zero-order chi connectivity index (χ0) is 6.27. The van der Waals surface area contributed by atoms with Gasteiger partial charge in [0.05, 0.1) is 6.61 Å². The van der Waals surface area contributed by atoms with Crippen molar-refractivity contribution in [1.29, 1.82) is 0 Å². The highest BCUT2D eigenvalue weighted by molar-refractivity contribution is 5.79. The lowest BCUT2D eigenvalue weighted by Crippen LogP contribution is -2.68. The van der Waals surface area contributed by atoms with Crippen molar-refractivity contribution < 1.29 is 9.53 Å². The first-order valence-corrected chi connectivity index (χ1v) is 3.07. The summed E-state index contributed by atoms with van der Waals surface area (Å²) in [7, 11) is 0. The summed E-state index contributed by atoms with van der Waals surface area (Å²) in [4.78, 5) is 12.3. The van der Waals surface area contributed by atoms with E-state index >= 15 is 0 Å². The summed E-state index contributed by atoms with van der Waals surface area (Å²) in [5, 5.41) is 2.61. The van der Waals surface area contributed by atoms with Crippen LogP contribution in [0.25, 0.3) is 0 Å². The minimum Gasteiger partial charge on any atom is -0.340 e. The molecule has 0 bridgehead atoms. The summed E-state index contributed by atoms with van der Waals surface area (Å²) in [5.41, 5.74) is 0. The third-order valence-electron chi connectivity index (χ3n) is 1.61. The molecule has 9 heavy (non-hydrogen) atoms. The van der Waals surface area contributed by atoms with Crippen LogP contribution in [0, 0.1) is 0 Å². The molecule has 4 nitrogen and oxygen atoms in total. The number of rotatable bonds is 0. The van der Waals surface area contributed by atoms with Crippen molar-refractivity contribution in [3.05, 3.63) is 0 Å². The predicted octanol–water partition coefficient (Wildman–Crippen LogP) is -0.284. The number of fused-ring (bicyclic) bond motifs is 1. The third-order valence-corrected chi connectivity index (χ3v) is 1.61. The van der Waals surface area contributed by atoms with Gasteiger partial charge in [-0.1, -0.05) is 0 Å². The van der Waals surface area contributed by atoms with Gasteiger partial charge in [-0.25, -0.2) is 4.79 Å². The molecule has 2 saturated heterocycles. The molecular weight excluding hydrogens is 120 g/mol. The van der Waals surface area contributed by atoms with E-state index in [2.05, 4.69) is 5.32 Å². The fraction of sp³-hybridized carbons (Fsp3) is 0.800. The lowest BCUT2D eigenvalue weighted by atomic mass is 10.3. The minimum absolute atomic E-state index is 0.000278. The number of amides is 2. The first-order valence-electron chi connectivity index (χ1n) is 3.07. The molecule has 2 heterocycles. The fourth-order valence-electron chi connectivity index (χ4n) is 1.09. The van der Waals surface area contributed by atoms with Crippen molar-refractivity contribution in [3.63, 3.8) is 0 Å². The Morgan fingerprint density at radius 3 is 3.22 bits per heavy atom. The van der Waals surface area contributed by atoms with Crippen molar-refractivity contribution in [3.8, 4) is 0 Å². The van der Waals surface area contributed by atoms with E-state index in [0.29, 0.717) is 0 Å². The molecule has 1 N–H and O–H groups in total. The number of urea groups is 1. The van der Waals surface area contributed by atoms with Crippen LogP contribution in [0.3, 0.4) is 0 Å². The Hall–Kier alpha value is -0.770. The van der Waals surface area contributed by atoms with Crippen LogP contribution in [-0.2, 0) is 4.74 Å². The first-order chi connectivity index (χ1) is 4.38. The Morgan fingerprint density at radius 2 is 2.67 bits per heavy atom. The van der Waals surface area contributed by atoms with Crippen molar-refractivity contribution in [2.24, 2.45) is 0 Å². The highest BCUT2D eigenvalue weighted by atomic mass is 16.5. The van der Waals surface area contributed by atoms with Crippen LogP contribution in [0.2, 0.25) is 0 Å². The number of hydrogen-bond acceptors (Lipinski definition) is 2. The van der Waals surface area contributed by atoms with Gasteiger partial charge in [0, 0.05) is 6.54 Å². The zero-order valence-electron chi connectivity index (χ0n) is 4.96. The SMILES string of the molecule is O=C1NC2OCCCN12. The molecule has 2 aliphatic heterocycles. The monoisotopic (exact) mass is 128 g/mol. The molecular formula is C5H8N2O2. The quantitative estimate of drug-likeness (QED) is 0.487. The Labute approximate surface area is 52.8 Å². The Morgan fingerprint density at radius 1 is 1.78 bits per heavy atom. The van der Waals surface area contributed by atoms with Gasteiger partial charge in [-0.2, -0.15) is 0 Å². The summed E-state index contributed by atoms with van der Waals surface area (Å²) in [6.07, 6.45) is 0.857. The highest BCUT2D eigenvalue weighted by Gasteiger charge is 2.37. The zero-order valence-corrected chi connectivity index (χ0v) is 4.96. The molecule has 1 atom stereocenters. The lowest BCUT2D eigenvalue weighted by molar-refractivity contribution is -0.123. The molecule has 0 aromatic rings. The molecule has 0 saturated carbocycles. The second-order valence-electron chi connectivity index (χ2n) is 2.22. The van der Waals surface area contributed by atoms with Gasteiger partial charge in [0.1, 0.15) is 0 Å². The van der Waals surface area contributed by atoms with Crippen LogP contribution < -0.4 is 5.32 Å². The van der Waals surface area contributed by atoms with Gasteiger partial charge in [0.2, 0.25) is 6.35 Å². The molecule has 0 aromatic carbocycles. The van der Waals surface area contributed by atoms with Gasteiger partial charge >= 0.3 is 6.03 Å². The number of nitrogens with one attached hydrogen (secondary N) is 1.